The summed E-state index contributed by atoms with van der Waals surface area (Å²) in [6, 6.07) is 8.29. The molecule has 0 saturated carbocycles. The molecule has 0 aromatic heterocycles. The van der Waals surface area contributed by atoms with Crippen molar-refractivity contribution in [3.05, 3.63) is 41.6 Å². The van der Waals surface area contributed by atoms with Crippen molar-refractivity contribution in [2.75, 3.05) is 11.9 Å². The van der Waals surface area contributed by atoms with E-state index in [1.54, 1.807) is 6.08 Å². The standard InChI is InChI=1S/C14H19NO/c1-4-12-8-6-7-9-14(12)15(3)13(5-2)10-11-16/h6-11H,4-5H2,1-3H3/b13-10-. The van der Waals surface area contributed by atoms with Crippen molar-refractivity contribution in [1.82, 2.24) is 0 Å². The third-order valence-corrected chi connectivity index (χ3v) is 2.79. The molecule has 1 aromatic rings. The molecule has 0 heterocycles. The Balaban J connectivity index is 3.07. The number of carbonyl (C=O) groups excluding carboxylic acids is 1. The van der Waals surface area contributed by atoms with Crippen molar-refractivity contribution in [2.45, 2.75) is 26.7 Å². The maximum Gasteiger partial charge on any atom is 0.144 e. The van der Waals surface area contributed by atoms with Crippen molar-refractivity contribution in [1.29, 1.82) is 0 Å². The molecule has 0 fully saturated rings. The van der Waals surface area contributed by atoms with Crippen LogP contribution < -0.4 is 4.90 Å². The highest BCUT2D eigenvalue weighted by Gasteiger charge is 2.08. The highest BCUT2D eigenvalue weighted by atomic mass is 16.1. The van der Waals surface area contributed by atoms with Crippen molar-refractivity contribution < 1.29 is 4.79 Å². The smallest absolute Gasteiger partial charge is 0.144 e. The van der Waals surface area contributed by atoms with Crippen LogP contribution in [0, 0.1) is 0 Å². The predicted molar refractivity (Wildman–Crippen MR) is 68.7 cm³/mol. The second kappa shape index (κ2) is 6.11. The fourth-order valence-corrected chi connectivity index (χ4v) is 1.84. The van der Waals surface area contributed by atoms with Gasteiger partial charge in [0.1, 0.15) is 6.29 Å². The minimum atomic E-state index is 0.851. The molecule has 1 rings (SSSR count). The Bertz CT molecular complexity index is 382. The Morgan fingerprint density at radius 2 is 2.00 bits per heavy atom. The number of hydrogen-bond donors (Lipinski definition) is 0. The van der Waals surface area contributed by atoms with Crippen LogP contribution in [0.15, 0.2) is 36.0 Å². The largest absolute Gasteiger partial charge is 0.348 e. The van der Waals surface area contributed by atoms with E-state index in [0.29, 0.717) is 0 Å². The van der Waals surface area contributed by atoms with Crippen LogP contribution in [-0.4, -0.2) is 13.3 Å². The van der Waals surface area contributed by atoms with Crippen LogP contribution in [-0.2, 0) is 11.2 Å². The lowest BCUT2D eigenvalue weighted by atomic mass is 10.1. The van der Waals surface area contributed by atoms with Crippen LogP contribution in [0.4, 0.5) is 5.69 Å². The SMILES string of the molecule is CC/C(=C/C=O)N(C)c1ccccc1CC. The van der Waals surface area contributed by atoms with E-state index in [-0.39, 0.29) is 0 Å². The van der Waals surface area contributed by atoms with Gasteiger partial charge in [0.15, 0.2) is 0 Å². The van der Waals surface area contributed by atoms with Gasteiger partial charge in [0.25, 0.3) is 0 Å². The molecule has 1 aromatic carbocycles. The van der Waals surface area contributed by atoms with Gasteiger partial charge in [-0.05, 0) is 30.5 Å². The summed E-state index contributed by atoms with van der Waals surface area (Å²) in [5.74, 6) is 0. The average Bonchev–Trinajstić information content (AvgIpc) is 2.35. The Labute approximate surface area is 97.6 Å². The first kappa shape index (κ1) is 12.5. The summed E-state index contributed by atoms with van der Waals surface area (Å²) >= 11 is 0. The van der Waals surface area contributed by atoms with Gasteiger partial charge in [-0.1, -0.05) is 32.0 Å². The zero-order valence-electron chi connectivity index (χ0n) is 10.2. The van der Waals surface area contributed by atoms with Crippen LogP contribution in [0.3, 0.4) is 0 Å². The van der Waals surface area contributed by atoms with E-state index in [1.807, 2.05) is 19.2 Å². The molecule has 0 saturated heterocycles. The van der Waals surface area contributed by atoms with Crippen molar-refractivity contribution >= 4 is 12.0 Å². The zero-order chi connectivity index (χ0) is 12.0. The number of aldehydes is 1. The van der Waals surface area contributed by atoms with Crippen LogP contribution >= 0.6 is 0 Å². The maximum atomic E-state index is 10.6. The van der Waals surface area contributed by atoms with E-state index < -0.39 is 0 Å². The van der Waals surface area contributed by atoms with Gasteiger partial charge in [-0.15, -0.1) is 0 Å². The summed E-state index contributed by atoms with van der Waals surface area (Å²) in [5.41, 5.74) is 3.52. The molecule has 0 radical (unpaired) electrons. The van der Waals surface area contributed by atoms with E-state index in [1.165, 1.54) is 11.3 Å². The summed E-state index contributed by atoms with van der Waals surface area (Å²) < 4.78 is 0. The molecule has 0 aliphatic rings. The van der Waals surface area contributed by atoms with Crippen LogP contribution in [0.5, 0.6) is 0 Å². The first-order valence-electron chi connectivity index (χ1n) is 5.70. The molecule has 0 N–H and O–H groups in total. The van der Waals surface area contributed by atoms with E-state index in [4.69, 9.17) is 0 Å². The molecular formula is C14H19NO. The predicted octanol–water partition coefficient (Wildman–Crippen LogP) is 3.18. The minimum Gasteiger partial charge on any atom is -0.348 e. The van der Waals surface area contributed by atoms with E-state index >= 15 is 0 Å². The van der Waals surface area contributed by atoms with Gasteiger partial charge in [-0.2, -0.15) is 0 Å². The molecule has 2 heteroatoms. The van der Waals surface area contributed by atoms with Gasteiger partial charge >= 0.3 is 0 Å². The number of para-hydroxylation sites is 1. The van der Waals surface area contributed by atoms with E-state index in [2.05, 4.69) is 30.9 Å². The van der Waals surface area contributed by atoms with Crippen LogP contribution in [0.25, 0.3) is 0 Å². The highest BCUT2D eigenvalue weighted by Crippen LogP contribution is 2.23. The summed E-state index contributed by atoms with van der Waals surface area (Å²) in [6.07, 6.45) is 4.34. The number of carbonyl (C=O) groups is 1. The molecular weight excluding hydrogens is 198 g/mol. The lowest BCUT2D eigenvalue weighted by molar-refractivity contribution is -0.104. The Morgan fingerprint density at radius 3 is 2.56 bits per heavy atom. The second-order valence-electron chi connectivity index (χ2n) is 3.69. The number of rotatable bonds is 5. The summed E-state index contributed by atoms with van der Waals surface area (Å²) in [4.78, 5) is 12.7. The van der Waals surface area contributed by atoms with Crippen LogP contribution in [0.2, 0.25) is 0 Å². The quantitative estimate of drug-likeness (QED) is 0.557. The van der Waals surface area contributed by atoms with Crippen molar-refractivity contribution in [2.24, 2.45) is 0 Å². The van der Waals surface area contributed by atoms with Crippen molar-refractivity contribution in [3.8, 4) is 0 Å². The molecule has 0 atom stereocenters. The monoisotopic (exact) mass is 217 g/mol. The van der Waals surface area contributed by atoms with Crippen molar-refractivity contribution in [3.63, 3.8) is 0 Å². The van der Waals surface area contributed by atoms with Gasteiger partial charge in [-0.3, -0.25) is 4.79 Å². The fraction of sp³-hybridized carbons (Fsp3) is 0.357. The topological polar surface area (TPSA) is 20.3 Å². The molecule has 16 heavy (non-hydrogen) atoms. The Kier molecular flexibility index (Phi) is 4.77. The number of benzene rings is 1. The van der Waals surface area contributed by atoms with Crippen LogP contribution in [0.1, 0.15) is 25.8 Å². The van der Waals surface area contributed by atoms with E-state index in [9.17, 15) is 4.79 Å². The van der Waals surface area contributed by atoms with Gasteiger partial charge in [0, 0.05) is 18.4 Å². The van der Waals surface area contributed by atoms with Gasteiger partial charge in [0.05, 0.1) is 0 Å². The molecule has 0 unspecified atom stereocenters. The molecule has 86 valence electrons. The number of allylic oxidation sites excluding steroid dienone is 2. The lowest BCUT2D eigenvalue weighted by Crippen LogP contribution is -2.17. The summed E-state index contributed by atoms with van der Waals surface area (Å²) in [7, 11) is 2.01. The molecule has 0 spiro atoms. The third kappa shape index (κ3) is 2.72. The van der Waals surface area contributed by atoms with Gasteiger partial charge < -0.3 is 4.90 Å². The molecule has 0 aliphatic carbocycles. The third-order valence-electron chi connectivity index (χ3n) is 2.79. The number of anilines is 1. The minimum absolute atomic E-state index is 0.851. The first-order valence-corrected chi connectivity index (χ1v) is 5.70. The molecule has 0 aliphatic heterocycles. The molecule has 0 bridgehead atoms. The molecule has 0 amide bonds. The highest BCUT2D eigenvalue weighted by molar-refractivity contribution is 5.69. The Morgan fingerprint density at radius 1 is 1.31 bits per heavy atom. The van der Waals surface area contributed by atoms with Gasteiger partial charge in [-0.25, -0.2) is 0 Å². The lowest BCUT2D eigenvalue weighted by Gasteiger charge is -2.24. The zero-order valence-corrected chi connectivity index (χ0v) is 10.2. The Hall–Kier alpha value is -1.57. The summed E-state index contributed by atoms with van der Waals surface area (Å²) in [5, 5.41) is 0. The summed E-state index contributed by atoms with van der Waals surface area (Å²) in [6.45, 7) is 4.20. The molecule has 2 nitrogen and oxygen atoms in total. The average molecular weight is 217 g/mol. The number of hydrogen-bond acceptors (Lipinski definition) is 2. The maximum absolute atomic E-state index is 10.6. The fourth-order valence-electron chi connectivity index (χ4n) is 1.84. The second-order valence-corrected chi connectivity index (χ2v) is 3.69. The van der Waals surface area contributed by atoms with Gasteiger partial charge in [0.2, 0.25) is 0 Å². The number of aryl methyl sites for hydroxylation is 1. The number of nitrogens with zero attached hydrogens (tertiary/aromatic N) is 1. The first-order chi connectivity index (χ1) is 7.74. The normalized spacial score (nSPS) is 11.3. The van der Waals surface area contributed by atoms with E-state index in [0.717, 1.165) is 24.8 Å².